The van der Waals surface area contributed by atoms with Crippen LogP contribution in [0.5, 0.6) is 0 Å². The third kappa shape index (κ3) is 5.11. The summed E-state index contributed by atoms with van der Waals surface area (Å²) in [5, 5.41) is 10.1. The first-order chi connectivity index (χ1) is 20.5. The second-order valence-corrected chi connectivity index (χ2v) is 9.99. The molecule has 6 rings (SSSR count). The number of rotatable bonds is 7. The van der Waals surface area contributed by atoms with E-state index >= 15 is 0 Å². The van der Waals surface area contributed by atoms with E-state index in [1.807, 2.05) is 97.1 Å². The second kappa shape index (κ2) is 11.4. The fourth-order valence-corrected chi connectivity index (χ4v) is 5.25. The number of aliphatic imine (C=N–C) groups is 1. The van der Waals surface area contributed by atoms with Gasteiger partial charge in [0.1, 0.15) is 11.7 Å². The number of nitrogens with zero attached hydrogens (tertiary/aromatic N) is 3. The number of fused-ring (bicyclic) bond motifs is 1. The zero-order chi connectivity index (χ0) is 29.1. The molecule has 7 nitrogen and oxygen atoms in total. The maximum atomic E-state index is 14.4. The third-order valence-electron chi connectivity index (χ3n) is 7.28. The van der Waals surface area contributed by atoms with E-state index in [1.165, 1.54) is 0 Å². The van der Waals surface area contributed by atoms with Gasteiger partial charge in [0.25, 0.3) is 0 Å². The van der Waals surface area contributed by atoms with Crippen molar-refractivity contribution < 1.29 is 0 Å². The average molecular weight is 551 g/mol. The molecule has 0 aliphatic heterocycles. The monoisotopic (exact) mass is 550 g/mol. The summed E-state index contributed by atoms with van der Waals surface area (Å²) < 4.78 is 3.35. The molecule has 0 fully saturated rings. The van der Waals surface area contributed by atoms with Crippen LogP contribution in [0.4, 0.5) is 0 Å². The summed E-state index contributed by atoms with van der Waals surface area (Å²) in [7, 11) is 1.72. The first kappa shape index (κ1) is 26.5. The van der Waals surface area contributed by atoms with Crippen molar-refractivity contribution in [1.29, 1.82) is 5.41 Å². The van der Waals surface area contributed by atoms with Crippen molar-refractivity contribution in [2.24, 2.45) is 10.7 Å². The highest BCUT2D eigenvalue weighted by Crippen LogP contribution is 2.32. The first-order valence-corrected chi connectivity index (χ1v) is 13.7. The molecule has 0 atom stereocenters. The molecule has 0 bridgehead atoms. The SMILES string of the molecule is CN=C(Nn1c(-c2ccccc2)c(-c2ccccc2)n(Cc2cccc(C(=N)N)c2)c1=O)c1ccc2ccccc2c1. The number of nitrogens with one attached hydrogen (secondary N) is 2. The van der Waals surface area contributed by atoms with Crippen LogP contribution in [0.25, 0.3) is 33.3 Å². The molecule has 0 saturated carbocycles. The molecule has 0 aliphatic rings. The van der Waals surface area contributed by atoms with Crippen LogP contribution in [0.15, 0.2) is 137 Å². The highest BCUT2D eigenvalue weighted by molar-refractivity contribution is 6.07. The Balaban J connectivity index is 1.56. The lowest BCUT2D eigenvalue weighted by Crippen LogP contribution is -2.35. The molecule has 7 heteroatoms. The number of nitrogens with two attached hydrogens (primary N) is 1. The van der Waals surface area contributed by atoms with Gasteiger partial charge in [-0.05, 0) is 28.5 Å². The molecule has 42 heavy (non-hydrogen) atoms. The Morgan fingerprint density at radius 1 is 0.738 bits per heavy atom. The third-order valence-corrected chi connectivity index (χ3v) is 7.28. The summed E-state index contributed by atoms with van der Waals surface area (Å²) in [5.74, 6) is 0.547. The van der Waals surface area contributed by atoms with Crippen LogP contribution >= 0.6 is 0 Å². The summed E-state index contributed by atoms with van der Waals surface area (Å²) in [6.07, 6.45) is 0. The molecule has 1 aromatic heterocycles. The van der Waals surface area contributed by atoms with Crippen LogP contribution in [0.1, 0.15) is 16.7 Å². The number of amidine groups is 2. The van der Waals surface area contributed by atoms with Gasteiger partial charge in [-0.1, -0.05) is 115 Å². The van der Waals surface area contributed by atoms with Crippen LogP contribution in [0, 0.1) is 5.41 Å². The minimum absolute atomic E-state index is 0.0177. The number of aromatic nitrogens is 2. The molecule has 0 spiro atoms. The van der Waals surface area contributed by atoms with E-state index < -0.39 is 0 Å². The quantitative estimate of drug-likeness (QED) is 0.166. The highest BCUT2D eigenvalue weighted by Gasteiger charge is 2.24. The van der Waals surface area contributed by atoms with Crippen molar-refractivity contribution in [3.63, 3.8) is 0 Å². The molecular formula is C35H30N6O. The van der Waals surface area contributed by atoms with E-state index in [0.29, 0.717) is 11.4 Å². The fourth-order valence-electron chi connectivity index (χ4n) is 5.25. The van der Waals surface area contributed by atoms with E-state index in [1.54, 1.807) is 22.4 Å². The summed E-state index contributed by atoms with van der Waals surface area (Å²) in [5.41, 5.74) is 14.5. The highest BCUT2D eigenvalue weighted by atomic mass is 16.2. The van der Waals surface area contributed by atoms with E-state index in [4.69, 9.17) is 11.1 Å². The maximum Gasteiger partial charge on any atom is 0.348 e. The van der Waals surface area contributed by atoms with Crippen molar-refractivity contribution >= 4 is 22.4 Å². The van der Waals surface area contributed by atoms with E-state index in [2.05, 4.69) is 34.7 Å². The standard InChI is InChI=1S/C35H30N6O/c1-38-34(30-20-19-25-12-8-9-17-28(25)22-30)39-41-32(27-15-6-3-7-16-27)31(26-13-4-2-5-14-26)40(35(41)42)23-24-11-10-18-29(21-24)33(36)37/h2-22H,23H2,1H3,(H3,36,37)(H,38,39). The van der Waals surface area contributed by atoms with Crippen LogP contribution in [-0.4, -0.2) is 28.0 Å². The topological polar surface area (TPSA) is 101 Å². The fraction of sp³-hybridized carbons (Fsp3) is 0.0571. The van der Waals surface area contributed by atoms with Gasteiger partial charge in [-0.3, -0.25) is 20.4 Å². The maximum absolute atomic E-state index is 14.4. The van der Waals surface area contributed by atoms with Crippen LogP contribution < -0.4 is 16.8 Å². The van der Waals surface area contributed by atoms with Crippen molar-refractivity contribution in [1.82, 2.24) is 9.24 Å². The minimum atomic E-state index is -0.247. The van der Waals surface area contributed by atoms with Crippen LogP contribution in [0.3, 0.4) is 0 Å². The minimum Gasteiger partial charge on any atom is -0.384 e. The molecule has 5 aromatic carbocycles. The van der Waals surface area contributed by atoms with Gasteiger partial charge < -0.3 is 5.73 Å². The molecule has 206 valence electrons. The Kier molecular flexibility index (Phi) is 7.22. The van der Waals surface area contributed by atoms with Gasteiger partial charge in [-0.2, -0.15) is 0 Å². The van der Waals surface area contributed by atoms with E-state index in [-0.39, 0.29) is 18.1 Å². The van der Waals surface area contributed by atoms with Gasteiger partial charge in [-0.25, -0.2) is 9.47 Å². The molecule has 0 radical (unpaired) electrons. The number of imidazole rings is 1. The summed E-state index contributed by atoms with van der Waals surface area (Å²) in [6, 6.07) is 41.5. The molecule has 0 aliphatic carbocycles. The Bertz CT molecular complexity index is 1990. The summed E-state index contributed by atoms with van der Waals surface area (Å²) in [6.45, 7) is 0.285. The van der Waals surface area contributed by atoms with Crippen molar-refractivity contribution in [3.05, 3.63) is 155 Å². The molecular weight excluding hydrogens is 520 g/mol. The Hall–Kier alpha value is -5.69. The number of benzene rings is 5. The molecule has 4 N–H and O–H groups in total. The lowest BCUT2D eigenvalue weighted by Gasteiger charge is -2.15. The number of hydrogen-bond donors (Lipinski definition) is 3. The summed E-state index contributed by atoms with van der Waals surface area (Å²) >= 11 is 0. The lowest BCUT2D eigenvalue weighted by molar-refractivity contribution is 0.735. The Morgan fingerprint density at radius 3 is 2.05 bits per heavy atom. The Labute approximate surface area is 243 Å². The van der Waals surface area contributed by atoms with Gasteiger partial charge in [0.05, 0.1) is 17.9 Å². The van der Waals surface area contributed by atoms with E-state index in [9.17, 15) is 4.79 Å². The van der Waals surface area contributed by atoms with Gasteiger partial charge >= 0.3 is 5.69 Å². The van der Waals surface area contributed by atoms with Gasteiger partial charge in [0.15, 0.2) is 0 Å². The van der Waals surface area contributed by atoms with E-state index in [0.717, 1.165) is 44.4 Å². The predicted molar refractivity (Wildman–Crippen MR) is 172 cm³/mol. The molecule has 6 aromatic rings. The molecule has 0 unspecified atom stereocenters. The normalized spacial score (nSPS) is 11.5. The average Bonchev–Trinajstić information content (AvgIpc) is 3.30. The predicted octanol–water partition coefficient (Wildman–Crippen LogP) is 6.09. The number of hydrogen-bond acceptors (Lipinski definition) is 3. The zero-order valence-electron chi connectivity index (χ0n) is 23.2. The summed E-state index contributed by atoms with van der Waals surface area (Å²) in [4.78, 5) is 19.0. The molecule has 0 saturated heterocycles. The second-order valence-electron chi connectivity index (χ2n) is 9.99. The van der Waals surface area contributed by atoms with Crippen molar-refractivity contribution in [2.75, 3.05) is 12.5 Å². The molecule has 0 amide bonds. The van der Waals surface area contributed by atoms with Crippen LogP contribution in [0.2, 0.25) is 0 Å². The van der Waals surface area contributed by atoms with Gasteiger partial charge in [0.2, 0.25) is 0 Å². The zero-order valence-corrected chi connectivity index (χ0v) is 23.2. The van der Waals surface area contributed by atoms with Crippen molar-refractivity contribution in [2.45, 2.75) is 6.54 Å². The lowest BCUT2D eigenvalue weighted by atomic mass is 10.0. The van der Waals surface area contributed by atoms with Crippen LogP contribution in [-0.2, 0) is 6.54 Å². The first-order valence-electron chi connectivity index (χ1n) is 13.7. The number of nitrogen functional groups attached to an aromatic ring is 1. The smallest absolute Gasteiger partial charge is 0.348 e. The van der Waals surface area contributed by atoms with Gasteiger partial charge in [-0.15, -0.1) is 0 Å². The molecule has 1 heterocycles. The van der Waals surface area contributed by atoms with Gasteiger partial charge in [0, 0.05) is 29.3 Å². The largest absolute Gasteiger partial charge is 0.384 e. The van der Waals surface area contributed by atoms with Crippen molar-refractivity contribution in [3.8, 4) is 22.5 Å². The Morgan fingerprint density at radius 2 is 1.38 bits per heavy atom.